The molecule has 2 rings (SSSR count). The summed E-state index contributed by atoms with van der Waals surface area (Å²) in [6, 6.07) is 11.2. The van der Waals surface area contributed by atoms with Crippen LogP contribution < -0.4 is 0 Å². The molecule has 2 unspecified atom stereocenters. The van der Waals surface area contributed by atoms with E-state index < -0.39 is 47.9 Å². The monoisotopic (exact) mass is 494 g/mol. The summed E-state index contributed by atoms with van der Waals surface area (Å²) in [4.78, 5) is 53.8. The molecule has 0 aliphatic carbocycles. The summed E-state index contributed by atoms with van der Waals surface area (Å²) >= 11 is 0. The molecule has 0 heterocycles. The quantitative estimate of drug-likeness (QED) is 0.211. The van der Waals surface area contributed by atoms with Crippen molar-refractivity contribution in [3.63, 3.8) is 0 Å². The lowest BCUT2D eigenvalue weighted by atomic mass is 9.72. The lowest BCUT2D eigenvalue weighted by molar-refractivity contribution is -0.193. The number of benzene rings is 2. The van der Waals surface area contributed by atoms with E-state index in [1.54, 1.807) is 13.8 Å². The third-order valence-corrected chi connectivity index (χ3v) is 5.30. The molecule has 0 spiro atoms. The SMILES string of the molecule is C=C(C)COC(=O)C(O)(C(=O)c1ccc(C)cc1)C(O)(C(=O)OCC(=C)C)C(=O)c1ccc(C)cc1. The van der Waals surface area contributed by atoms with E-state index in [1.165, 1.54) is 62.4 Å². The van der Waals surface area contributed by atoms with Crippen molar-refractivity contribution in [1.29, 1.82) is 0 Å². The Morgan fingerprint density at radius 3 is 1.19 bits per heavy atom. The van der Waals surface area contributed by atoms with Gasteiger partial charge in [0.15, 0.2) is 0 Å². The number of esters is 2. The Bertz CT molecular complexity index is 1100. The van der Waals surface area contributed by atoms with Gasteiger partial charge in [0.2, 0.25) is 11.6 Å². The molecular formula is C28H30O8. The highest BCUT2D eigenvalue weighted by molar-refractivity contribution is 6.29. The van der Waals surface area contributed by atoms with Gasteiger partial charge in [0, 0.05) is 11.1 Å². The fraction of sp³-hybridized carbons (Fsp3) is 0.286. The summed E-state index contributed by atoms with van der Waals surface area (Å²) in [6.45, 7) is 12.8. The number of rotatable bonds is 11. The molecule has 0 bridgehead atoms. The first kappa shape index (κ1) is 28.4. The van der Waals surface area contributed by atoms with Crippen molar-refractivity contribution in [3.8, 4) is 0 Å². The number of ether oxygens (including phenoxy) is 2. The van der Waals surface area contributed by atoms with Crippen LogP contribution in [0.5, 0.6) is 0 Å². The van der Waals surface area contributed by atoms with E-state index >= 15 is 0 Å². The van der Waals surface area contributed by atoms with E-state index in [0.29, 0.717) is 11.1 Å². The fourth-order valence-electron chi connectivity index (χ4n) is 3.22. The maximum absolute atomic E-state index is 13.6. The average Bonchev–Trinajstić information content (AvgIpc) is 2.84. The zero-order valence-corrected chi connectivity index (χ0v) is 20.8. The Balaban J connectivity index is 2.80. The minimum atomic E-state index is -3.70. The van der Waals surface area contributed by atoms with Crippen LogP contribution in [0.15, 0.2) is 72.8 Å². The van der Waals surface area contributed by atoms with Gasteiger partial charge in [0.1, 0.15) is 13.2 Å². The van der Waals surface area contributed by atoms with Crippen LogP contribution in [-0.2, 0) is 19.1 Å². The van der Waals surface area contributed by atoms with Crippen molar-refractivity contribution in [1.82, 2.24) is 0 Å². The summed E-state index contributed by atoms with van der Waals surface area (Å²) < 4.78 is 10.0. The molecule has 0 fully saturated rings. The highest BCUT2D eigenvalue weighted by atomic mass is 16.6. The van der Waals surface area contributed by atoms with Gasteiger partial charge in [-0.05, 0) is 38.8 Å². The van der Waals surface area contributed by atoms with Crippen LogP contribution in [0.2, 0.25) is 0 Å². The van der Waals surface area contributed by atoms with Gasteiger partial charge in [0.25, 0.3) is 11.2 Å². The average molecular weight is 495 g/mol. The van der Waals surface area contributed by atoms with E-state index in [1.807, 2.05) is 0 Å². The molecule has 2 aromatic rings. The third kappa shape index (κ3) is 5.67. The van der Waals surface area contributed by atoms with Crippen molar-refractivity contribution < 1.29 is 38.9 Å². The predicted molar refractivity (Wildman–Crippen MR) is 132 cm³/mol. The van der Waals surface area contributed by atoms with Gasteiger partial charge >= 0.3 is 11.9 Å². The smallest absolute Gasteiger partial charge is 0.351 e. The Morgan fingerprint density at radius 2 is 0.944 bits per heavy atom. The van der Waals surface area contributed by atoms with Crippen molar-refractivity contribution in [2.24, 2.45) is 0 Å². The number of carbonyl (C=O) groups excluding carboxylic acids is 4. The summed E-state index contributed by atoms with van der Waals surface area (Å²) in [7, 11) is 0. The van der Waals surface area contributed by atoms with Gasteiger partial charge in [-0.2, -0.15) is 0 Å². The number of aryl methyl sites for hydroxylation is 2. The van der Waals surface area contributed by atoms with Crippen molar-refractivity contribution >= 4 is 23.5 Å². The Hall–Kier alpha value is -3.88. The van der Waals surface area contributed by atoms with E-state index in [-0.39, 0.29) is 11.1 Å². The van der Waals surface area contributed by atoms with Gasteiger partial charge in [-0.15, -0.1) is 0 Å². The molecule has 36 heavy (non-hydrogen) atoms. The van der Waals surface area contributed by atoms with Crippen LogP contribution in [0.25, 0.3) is 0 Å². The van der Waals surface area contributed by atoms with E-state index in [2.05, 4.69) is 13.2 Å². The largest absolute Gasteiger partial charge is 0.459 e. The van der Waals surface area contributed by atoms with Crippen molar-refractivity contribution in [2.45, 2.75) is 38.9 Å². The summed E-state index contributed by atoms with van der Waals surface area (Å²) in [5, 5.41) is 23.4. The van der Waals surface area contributed by atoms with Crippen LogP contribution in [0.4, 0.5) is 0 Å². The van der Waals surface area contributed by atoms with Gasteiger partial charge in [-0.25, -0.2) is 9.59 Å². The van der Waals surface area contributed by atoms with Crippen molar-refractivity contribution in [3.05, 3.63) is 95.1 Å². The van der Waals surface area contributed by atoms with Gasteiger partial charge < -0.3 is 19.7 Å². The highest BCUT2D eigenvalue weighted by Crippen LogP contribution is 2.34. The Kier molecular flexibility index (Phi) is 8.85. The first-order chi connectivity index (χ1) is 16.7. The third-order valence-electron chi connectivity index (χ3n) is 5.30. The zero-order chi connectivity index (χ0) is 27.3. The summed E-state index contributed by atoms with van der Waals surface area (Å²) in [5.41, 5.74) is -5.72. The standard InChI is InChI=1S/C28H30O8/c1-17(2)15-35-25(31)27(33,23(29)21-11-7-19(5)8-12-21)28(34,26(32)36-16-18(3)4)24(30)22-13-9-20(6)10-14-22/h7-14,33-34H,1,3,15-16H2,2,4-6H3. The lowest BCUT2D eigenvalue weighted by Crippen LogP contribution is -2.72. The molecular weight excluding hydrogens is 464 g/mol. The van der Waals surface area contributed by atoms with Crippen LogP contribution in [0.3, 0.4) is 0 Å². The molecule has 8 nitrogen and oxygen atoms in total. The minimum absolute atomic E-state index is 0.252. The molecule has 0 radical (unpaired) electrons. The topological polar surface area (TPSA) is 127 Å². The highest BCUT2D eigenvalue weighted by Gasteiger charge is 2.71. The second-order valence-corrected chi connectivity index (χ2v) is 8.88. The van der Waals surface area contributed by atoms with E-state index in [0.717, 1.165) is 11.1 Å². The number of ketones is 2. The van der Waals surface area contributed by atoms with Gasteiger partial charge in [-0.1, -0.05) is 72.8 Å². The van der Waals surface area contributed by atoms with Crippen LogP contribution in [-0.4, -0.2) is 58.1 Å². The fourth-order valence-corrected chi connectivity index (χ4v) is 3.22. The van der Waals surface area contributed by atoms with E-state index in [9.17, 15) is 29.4 Å². The lowest BCUT2D eigenvalue weighted by Gasteiger charge is -2.37. The molecule has 0 amide bonds. The first-order valence-electron chi connectivity index (χ1n) is 11.1. The number of hydrogen-bond donors (Lipinski definition) is 2. The van der Waals surface area contributed by atoms with Crippen molar-refractivity contribution in [2.75, 3.05) is 13.2 Å². The molecule has 2 atom stereocenters. The van der Waals surface area contributed by atoms with Crippen LogP contribution in [0, 0.1) is 13.8 Å². The van der Waals surface area contributed by atoms with Gasteiger partial charge in [0.05, 0.1) is 0 Å². The summed E-state index contributed by atoms with van der Waals surface area (Å²) in [5.74, 6) is -6.29. The number of carbonyl (C=O) groups is 4. The normalized spacial score (nSPS) is 14.1. The molecule has 0 aromatic heterocycles. The van der Waals surface area contributed by atoms with Crippen LogP contribution in [0.1, 0.15) is 45.7 Å². The molecule has 2 N–H and O–H groups in total. The number of hydrogen-bond acceptors (Lipinski definition) is 8. The molecule has 0 saturated carbocycles. The number of Topliss-reactive ketones (excluding diaryl/α,β-unsaturated/α-hetero) is 2. The Morgan fingerprint density at radius 1 is 0.667 bits per heavy atom. The second-order valence-electron chi connectivity index (χ2n) is 8.88. The molecule has 190 valence electrons. The maximum atomic E-state index is 13.6. The first-order valence-corrected chi connectivity index (χ1v) is 11.1. The maximum Gasteiger partial charge on any atom is 0.351 e. The van der Waals surface area contributed by atoms with E-state index in [4.69, 9.17) is 9.47 Å². The van der Waals surface area contributed by atoms with Gasteiger partial charge in [-0.3, -0.25) is 9.59 Å². The molecule has 2 aromatic carbocycles. The molecule has 0 aliphatic heterocycles. The second kappa shape index (κ2) is 11.2. The summed E-state index contributed by atoms with van der Waals surface area (Å²) in [6.07, 6.45) is 0. The predicted octanol–water partition coefficient (Wildman–Crippen LogP) is 3.07. The molecule has 0 aliphatic rings. The molecule has 0 saturated heterocycles. The minimum Gasteiger partial charge on any atom is -0.459 e. The van der Waals surface area contributed by atoms with Crippen LogP contribution >= 0.6 is 0 Å². The molecule has 8 heteroatoms. The number of aliphatic hydroxyl groups is 2. The zero-order valence-electron chi connectivity index (χ0n) is 20.8. The Labute approximate surface area is 209 Å².